The molecule has 1 aliphatic heterocycles. The lowest BCUT2D eigenvalue weighted by molar-refractivity contribution is -0.135. The minimum absolute atomic E-state index is 0.192. The van der Waals surface area contributed by atoms with E-state index in [-0.39, 0.29) is 11.4 Å². The first-order chi connectivity index (χ1) is 17.8. The van der Waals surface area contributed by atoms with Gasteiger partial charge in [-0.25, -0.2) is 9.97 Å². The Balaban J connectivity index is 1.33. The molecule has 0 atom stereocenters. The number of carboxylic acids is 1. The number of benzene rings is 2. The molecule has 3 aromatic rings. The normalized spacial score (nSPS) is 13.7. The second-order valence-corrected chi connectivity index (χ2v) is 9.29. The number of carbonyl (C=O) groups excluding carboxylic acids is 1. The van der Waals surface area contributed by atoms with E-state index in [4.69, 9.17) is 10.4 Å². The van der Waals surface area contributed by atoms with Crippen LogP contribution in [0.15, 0.2) is 48.5 Å². The van der Waals surface area contributed by atoms with Crippen LogP contribution >= 0.6 is 0 Å². The lowest BCUT2D eigenvalue weighted by atomic mass is 9.92. The smallest absolute Gasteiger partial charge is 0.322 e. The van der Waals surface area contributed by atoms with Crippen LogP contribution in [-0.2, 0) is 17.6 Å². The Kier molecular flexibility index (Phi) is 7.98. The van der Waals surface area contributed by atoms with Gasteiger partial charge >= 0.3 is 5.97 Å². The molecule has 1 amide bonds. The fourth-order valence-electron chi connectivity index (χ4n) is 4.53. The number of aryl methyl sites for hydroxylation is 1. The molecule has 9 nitrogen and oxygen atoms in total. The van der Waals surface area contributed by atoms with Crippen molar-refractivity contribution in [2.45, 2.75) is 32.6 Å². The highest BCUT2D eigenvalue weighted by Crippen LogP contribution is 2.27. The summed E-state index contributed by atoms with van der Waals surface area (Å²) in [7, 11) is 0. The first-order valence-corrected chi connectivity index (χ1v) is 12.2. The fourth-order valence-corrected chi connectivity index (χ4v) is 4.53. The molecule has 0 spiro atoms. The summed E-state index contributed by atoms with van der Waals surface area (Å²) in [5.74, 6) is -1.42. The Bertz CT molecular complexity index is 1310. The Morgan fingerprint density at radius 1 is 1.05 bits per heavy atom. The maximum atomic E-state index is 12.3. The first-order valence-electron chi connectivity index (χ1n) is 12.2. The predicted octanol–water partition coefficient (Wildman–Crippen LogP) is 3.23. The van der Waals surface area contributed by atoms with Crippen LogP contribution in [0.5, 0.6) is 5.75 Å². The van der Waals surface area contributed by atoms with Gasteiger partial charge in [-0.1, -0.05) is 24.3 Å². The lowest BCUT2D eigenvalue weighted by Gasteiger charge is -2.33. The fraction of sp³-hybridized carbons (Fsp3) is 0.321. The van der Waals surface area contributed by atoms with Crippen molar-refractivity contribution in [1.29, 1.82) is 5.26 Å². The minimum Gasteiger partial charge on any atom is -0.504 e. The summed E-state index contributed by atoms with van der Waals surface area (Å²) in [4.78, 5) is 34.0. The molecular formula is C28H29N5O4. The van der Waals surface area contributed by atoms with Gasteiger partial charge in [-0.15, -0.1) is 0 Å². The molecule has 1 saturated heterocycles. The predicted molar refractivity (Wildman–Crippen MR) is 137 cm³/mol. The summed E-state index contributed by atoms with van der Waals surface area (Å²) in [5, 5.41) is 30.2. The summed E-state index contributed by atoms with van der Waals surface area (Å²) < 4.78 is 0. The number of nitriles is 1. The molecule has 0 saturated carbocycles. The zero-order valence-electron chi connectivity index (χ0n) is 20.6. The number of aliphatic carboxylic acids is 1. The SMILES string of the molecule is Cc1nc(CC2CCN(c3ccc(Cc4ccc(C#N)cc4)cc3)CC2)nc(C(=O)NCC(=O)O)c1O. The molecule has 1 aromatic heterocycles. The van der Waals surface area contributed by atoms with E-state index in [0.717, 1.165) is 32.4 Å². The Morgan fingerprint density at radius 2 is 1.68 bits per heavy atom. The summed E-state index contributed by atoms with van der Waals surface area (Å²) in [6.45, 7) is 2.83. The second kappa shape index (κ2) is 11.5. The highest BCUT2D eigenvalue weighted by Gasteiger charge is 2.23. The molecule has 37 heavy (non-hydrogen) atoms. The van der Waals surface area contributed by atoms with Crippen LogP contribution in [0.4, 0.5) is 5.69 Å². The number of hydrogen-bond acceptors (Lipinski definition) is 7. The van der Waals surface area contributed by atoms with E-state index in [9.17, 15) is 14.7 Å². The number of piperidine rings is 1. The van der Waals surface area contributed by atoms with Crippen LogP contribution in [0.3, 0.4) is 0 Å². The van der Waals surface area contributed by atoms with E-state index in [0.29, 0.717) is 29.4 Å². The van der Waals surface area contributed by atoms with Gasteiger partial charge in [0.25, 0.3) is 5.91 Å². The number of nitrogens with one attached hydrogen (secondary N) is 1. The molecule has 190 valence electrons. The Labute approximate surface area is 215 Å². The van der Waals surface area contributed by atoms with E-state index < -0.39 is 18.4 Å². The first kappa shape index (κ1) is 25.6. The van der Waals surface area contributed by atoms with Crippen molar-refractivity contribution in [2.24, 2.45) is 5.92 Å². The molecule has 3 N–H and O–H groups in total. The van der Waals surface area contributed by atoms with Gasteiger partial charge in [0.1, 0.15) is 12.4 Å². The summed E-state index contributed by atoms with van der Waals surface area (Å²) in [5.41, 5.74) is 4.33. The van der Waals surface area contributed by atoms with E-state index >= 15 is 0 Å². The number of nitrogens with zero attached hydrogens (tertiary/aromatic N) is 4. The van der Waals surface area contributed by atoms with Gasteiger partial charge in [-0.2, -0.15) is 5.26 Å². The number of anilines is 1. The average Bonchev–Trinajstić information content (AvgIpc) is 2.90. The van der Waals surface area contributed by atoms with Crippen molar-refractivity contribution >= 4 is 17.6 Å². The topological polar surface area (TPSA) is 139 Å². The number of carboxylic acid groups (broad SMARTS) is 1. The van der Waals surface area contributed by atoms with Crippen LogP contribution in [0.2, 0.25) is 0 Å². The quantitative estimate of drug-likeness (QED) is 0.429. The van der Waals surface area contributed by atoms with Crippen LogP contribution in [-0.4, -0.2) is 51.7 Å². The van der Waals surface area contributed by atoms with Gasteiger partial charge in [0, 0.05) is 25.2 Å². The highest BCUT2D eigenvalue weighted by molar-refractivity contribution is 5.96. The van der Waals surface area contributed by atoms with Gasteiger partial charge in [0.2, 0.25) is 0 Å². The minimum atomic E-state index is -1.17. The third-order valence-electron chi connectivity index (χ3n) is 6.60. The average molecular weight is 500 g/mol. The molecule has 9 heteroatoms. The largest absolute Gasteiger partial charge is 0.504 e. The van der Waals surface area contributed by atoms with Crippen LogP contribution < -0.4 is 10.2 Å². The number of rotatable bonds is 8. The number of amides is 1. The molecule has 4 rings (SSSR count). The molecule has 1 aliphatic rings. The number of carbonyl (C=O) groups is 2. The molecule has 1 fully saturated rings. The van der Waals surface area contributed by atoms with E-state index in [1.54, 1.807) is 6.92 Å². The Hall–Kier alpha value is -4.45. The summed E-state index contributed by atoms with van der Waals surface area (Å²) >= 11 is 0. The third kappa shape index (κ3) is 6.61. The van der Waals surface area contributed by atoms with Crippen molar-refractivity contribution in [2.75, 3.05) is 24.5 Å². The number of aromatic hydroxyl groups is 1. The van der Waals surface area contributed by atoms with Crippen molar-refractivity contribution in [3.05, 3.63) is 82.4 Å². The molecule has 0 radical (unpaired) electrons. The van der Waals surface area contributed by atoms with Gasteiger partial charge in [-0.05, 0) is 67.5 Å². The van der Waals surface area contributed by atoms with Gasteiger partial charge in [0.05, 0.1) is 17.3 Å². The Morgan fingerprint density at radius 3 is 2.27 bits per heavy atom. The second-order valence-electron chi connectivity index (χ2n) is 9.29. The molecule has 0 bridgehead atoms. The zero-order valence-corrected chi connectivity index (χ0v) is 20.6. The maximum Gasteiger partial charge on any atom is 0.322 e. The number of aromatic nitrogens is 2. The highest BCUT2D eigenvalue weighted by atomic mass is 16.4. The molecule has 2 heterocycles. The number of hydrogen-bond donors (Lipinski definition) is 3. The molecule has 2 aromatic carbocycles. The standard InChI is InChI=1S/C28H29N5O4/c1-18-27(36)26(28(37)30-17-25(34)35)32-24(31-18)15-21-10-12-33(13-11-21)23-8-6-20(7-9-23)14-19-2-4-22(16-29)5-3-19/h2-9,21,36H,10-15,17H2,1H3,(H,30,37)(H,34,35). The summed E-state index contributed by atoms with van der Waals surface area (Å²) in [6, 6.07) is 18.4. The van der Waals surface area contributed by atoms with Crippen LogP contribution in [0, 0.1) is 24.2 Å². The van der Waals surface area contributed by atoms with Crippen molar-refractivity contribution in [3.63, 3.8) is 0 Å². The summed E-state index contributed by atoms with van der Waals surface area (Å²) in [6.07, 6.45) is 3.28. The van der Waals surface area contributed by atoms with Gasteiger partial charge in [-0.3, -0.25) is 9.59 Å². The molecular weight excluding hydrogens is 470 g/mol. The van der Waals surface area contributed by atoms with Gasteiger partial charge in [0.15, 0.2) is 11.4 Å². The van der Waals surface area contributed by atoms with Crippen molar-refractivity contribution in [1.82, 2.24) is 15.3 Å². The third-order valence-corrected chi connectivity index (χ3v) is 6.60. The van der Waals surface area contributed by atoms with Gasteiger partial charge < -0.3 is 20.4 Å². The van der Waals surface area contributed by atoms with E-state index in [2.05, 4.69) is 50.5 Å². The molecule has 0 aliphatic carbocycles. The monoisotopic (exact) mass is 499 g/mol. The van der Waals surface area contributed by atoms with Crippen LogP contribution in [0.25, 0.3) is 0 Å². The van der Waals surface area contributed by atoms with Crippen molar-refractivity contribution in [3.8, 4) is 11.8 Å². The molecule has 0 unspecified atom stereocenters. The van der Waals surface area contributed by atoms with Crippen LogP contribution in [0.1, 0.15) is 51.5 Å². The van der Waals surface area contributed by atoms with Crippen molar-refractivity contribution < 1.29 is 19.8 Å². The van der Waals surface area contributed by atoms with E-state index in [1.807, 2.05) is 24.3 Å². The zero-order chi connectivity index (χ0) is 26.4. The maximum absolute atomic E-state index is 12.3. The lowest BCUT2D eigenvalue weighted by Crippen LogP contribution is -2.34. The van der Waals surface area contributed by atoms with E-state index in [1.165, 1.54) is 16.8 Å².